The molecule has 0 spiro atoms. The zero-order valence-electron chi connectivity index (χ0n) is 13.0. The Labute approximate surface area is 137 Å². The first-order valence-electron chi connectivity index (χ1n) is 7.99. The molecule has 1 amide bonds. The zero-order chi connectivity index (χ0) is 16.5. The molecule has 122 valence electrons. The molecule has 0 aromatic carbocycles. The number of piperidine rings is 1. The summed E-state index contributed by atoms with van der Waals surface area (Å²) in [5, 5.41) is 6.13. The monoisotopic (exact) mass is 323 g/mol. The molecule has 0 bridgehead atoms. The number of amides is 1. The van der Waals surface area contributed by atoms with Gasteiger partial charge in [0.05, 0.1) is 11.0 Å². The van der Waals surface area contributed by atoms with Gasteiger partial charge in [-0.15, -0.1) is 0 Å². The first-order chi connectivity index (χ1) is 11.7. The number of fused-ring (bicyclic) bond motifs is 1. The molecule has 7 nitrogen and oxygen atoms in total. The topological polar surface area (TPSA) is 94.7 Å². The number of rotatable bonds is 2. The van der Waals surface area contributed by atoms with Crippen molar-refractivity contribution >= 4 is 16.9 Å². The summed E-state index contributed by atoms with van der Waals surface area (Å²) in [6, 6.07) is 6.73. The Kier molecular flexibility index (Phi) is 3.60. The SMILES string of the molecule is O=C(c1ccc(=O)[nH]n1)N1CCC(c2c[nH]c3cccnc23)CC1. The summed E-state index contributed by atoms with van der Waals surface area (Å²) in [7, 11) is 0. The van der Waals surface area contributed by atoms with E-state index in [9.17, 15) is 9.59 Å². The van der Waals surface area contributed by atoms with Gasteiger partial charge in [-0.25, -0.2) is 5.10 Å². The fraction of sp³-hybridized carbons (Fsp3) is 0.294. The van der Waals surface area contributed by atoms with Crippen molar-refractivity contribution in [3.8, 4) is 0 Å². The average molecular weight is 323 g/mol. The molecule has 7 heteroatoms. The number of nitrogens with zero attached hydrogens (tertiary/aromatic N) is 3. The lowest BCUT2D eigenvalue weighted by Gasteiger charge is -2.31. The Balaban J connectivity index is 1.47. The molecule has 0 saturated carbocycles. The van der Waals surface area contributed by atoms with Crippen molar-refractivity contribution in [1.82, 2.24) is 25.1 Å². The van der Waals surface area contributed by atoms with Gasteiger partial charge in [-0.2, -0.15) is 5.10 Å². The number of carbonyl (C=O) groups is 1. The van der Waals surface area contributed by atoms with E-state index in [-0.39, 0.29) is 17.2 Å². The summed E-state index contributed by atoms with van der Waals surface area (Å²) in [6.45, 7) is 1.34. The molecule has 0 atom stereocenters. The van der Waals surface area contributed by atoms with Crippen LogP contribution in [0.2, 0.25) is 0 Å². The molecule has 1 saturated heterocycles. The summed E-state index contributed by atoms with van der Waals surface area (Å²) in [5.74, 6) is 0.253. The Bertz CT molecular complexity index is 917. The normalized spacial score (nSPS) is 15.8. The van der Waals surface area contributed by atoms with Crippen molar-refractivity contribution in [2.24, 2.45) is 0 Å². The molecule has 0 aliphatic carbocycles. The number of nitrogens with one attached hydrogen (secondary N) is 2. The van der Waals surface area contributed by atoms with Crippen LogP contribution < -0.4 is 5.56 Å². The third-order valence-electron chi connectivity index (χ3n) is 4.58. The van der Waals surface area contributed by atoms with E-state index in [1.54, 1.807) is 11.1 Å². The lowest BCUT2D eigenvalue weighted by molar-refractivity contribution is 0.0706. The number of carbonyl (C=O) groups excluding carboxylic acids is 1. The summed E-state index contributed by atoms with van der Waals surface area (Å²) >= 11 is 0. The van der Waals surface area contributed by atoms with E-state index in [0.717, 1.165) is 23.9 Å². The molecule has 1 aliphatic rings. The molecule has 1 aliphatic heterocycles. The maximum Gasteiger partial charge on any atom is 0.274 e. The van der Waals surface area contributed by atoms with E-state index in [2.05, 4.69) is 20.2 Å². The largest absolute Gasteiger partial charge is 0.360 e. The van der Waals surface area contributed by atoms with Crippen molar-refractivity contribution < 1.29 is 4.79 Å². The van der Waals surface area contributed by atoms with Crippen LogP contribution in [0.1, 0.15) is 34.8 Å². The molecule has 24 heavy (non-hydrogen) atoms. The smallest absolute Gasteiger partial charge is 0.274 e. The van der Waals surface area contributed by atoms with Crippen LogP contribution in [-0.2, 0) is 0 Å². The van der Waals surface area contributed by atoms with Crippen LogP contribution in [0.15, 0.2) is 41.5 Å². The number of hydrogen-bond donors (Lipinski definition) is 2. The third kappa shape index (κ3) is 2.58. The Morgan fingerprint density at radius 3 is 2.79 bits per heavy atom. The van der Waals surface area contributed by atoms with Crippen LogP contribution in [-0.4, -0.2) is 44.1 Å². The van der Waals surface area contributed by atoms with Gasteiger partial charge in [-0.3, -0.25) is 14.6 Å². The van der Waals surface area contributed by atoms with Crippen molar-refractivity contribution in [1.29, 1.82) is 0 Å². The van der Waals surface area contributed by atoms with E-state index >= 15 is 0 Å². The quantitative estimate of drug-likeness (QED) is 0.750. The molecule has 3 aromatic heterocycles. The highest BCUT2D eigenvalue weighted by molar-refractivity contribution is 5.92. The van der Waals surface area contributed by atoms with Crippen molar-refractivity contribution in [3.05, 3.63) is 58.3 Å². The summed E-state index contributed by atoms with van der Waals surface area (Å²) in [4.78, 5) is 33.0. The summed E-state index contributed by atoms with van der Waals surface area (Å²) in [6.07, 6.45) is 5.61. The van der Waals surface area contributed by atoms with Gasteiger partial charge >= 0.3 is 0 Å². The minimum Gasteiger partial charge on any atom is -0.360 e. The van der Waals surface area contributed by atoms with E-state index < -0.39 is 0 Å². The van der Waals surface area contributed by atoms with Gasteiger partial charge in [0.25, 0.3) is 11.5 Å². The molecular weight excluding hydrogens is 306 g/mol. The molecule has 0 unspecified atom stereocenters. The average Bonchev–Trinajstić information content (AvgIpc) is 3.06. The van der Waals surface area contributed by atoms with Gasteiger partial charge < -0.3 is 9.88 Å². The molecular formula is C17H17N5O2. The van der Waals surface area contributed by atoms with Crippen molar-refractivity contribution in [2.75, 3.05) is 13.1 Å². The van der Waals surface area contributed by atoms with Crippen molar-refractivity contribution in [3.63, 3.8) is 0 Å². The van der Waals surface area contributed by atoms with Gasteiger partial charge in [0, 0.05) is 31.5 Å². The predicted molar refractivity (Wildman–Crippen MR) is 88.8 cm³/mol. The number of hydrogen-bond acceptors (Lipinski definition) is 4. The maximum atomic E-state index is 12.4. The maximum absolute atomic E-state index is 12.4. The zero-order valence-corrected chi connectivity index (χ0v) is 13.0. The van der Waals surface area contributed by atoms with E-state index in [1.807, 2.05) is 18.3 Å². The minimum atomic E-state index is -0.308. The lowest BCUT2D eigenvalue weighted by atomic mass is 9.90. The van der Waals surface area contributed by atoms with Gasteiger partial charge in [0.1, 0.15) is 5.69 Å². The van der Waals surface area contributed by atoms with Crippen LogP contribution in [0.3, 0.4) is 0 Å². The van der Waals surface area contributed by atoms with E-state index in [4.69, 9.17) is 0 Å². The first-order valence-corrected chi connectivity index (χ1v) is 7.99. The molecule has 3 aromatic rings. The minimum absolute atomic E-state index is 0.137. The molecule has 1 fully saturated rings. The second-order valence-electron chi connectivity index (χ2n) is 6.02. The molecule has 4 heterocycles. The summed E-state index contributed by atoms with van der Waals surface area (Å²) < 4.78 is 0. The molecule has 0 radical (unpaired) electrons. The van der Waals surface area contributed by atoms with E-state index in [0.29, 0.717) is 19.0 Å². The van der Waals surface area contributed by atoms with Gasteiger partial charge in [0.2, 0.25) is 0 Å². The molecule has 2 N–H and O–H groups in total. The second-order valence-corrected chi connectivity index (χ2v) is 6.02. The number of aromatic amines is 2. The fourth-order valence-corrected chi connectivity index (χ4v) is 3.31. The van der Waals surface area contributed by atoms with Crippen molar-refractivity contribution in [2.45, 2.75) is 18.8 Å². The highest BCUT2D eigenvalue weighted by Gasteiger charge is 2.27. The first kappa shape index (κ1) is 14.6. The number of H-pyrrole nitrogens is 2. The highest BCUT2D eigenvalue weighted by Crippen LogP contribution is 2.32. The highest BCUT2D eigenvalue weighted by atomic mass is 16.2. The number of likely N-dealkylation sites (tertiary alicyclic amines) is 1. The van der Waals surface area contributed by atoms with Crippen LogP contribution in [0.25, 0.3) is 11.0 Å². The third-order valence-corrected chi connectivity index (χ3v) is 4.58. The second kappa shape index (κ2) is 5.92. The van der Waals surface area contributed by atoms with Crippen LogP contribution in [0.5, 0.6) is 0 Å². The van der Waals surface area contributed by atoms with Crippen LogP contribution in [0, 0.1) is 0 Å². The Morgan fingerprint density at radius 2 is 2.04 bits per heavy atom. The Morgan fingerprint density at radius 1 is 1.21 bits per heavy atom. The predicted octanol–water partition coefficient (Wildman–Crippen LogP) is 1.67. The standard InChI is InChI=1S/C17H17N5O2/c23-15-4-3-14(20-21-15)17(24)22-8-5-11(6-9-22)12-10-19-13-2-1-7-18-16(12)13/h1-4,7,10-11,19H,5-6,8-9H2,(H,21,23). The van der Waals surface area contributed by atoms with Crippen LogP contribution in [0.4, 0.5) is 0 Å². The molecule has 4 rings (SSSR count). The van der Waals surface area contributed by atoms with Gasteiger partial charge in [-0.1, -0.05) is 0 Å². The van der Waals surface area contributed by atoms with Gasteiger partial charge in [-0.05, 0) is 42.5 Å². The Hall–Kier alpha value is -2.96. The number of aromatic nitrogens is 4. The van der Waals surface area contributed by atoms with Crippen LogP contribution >= 0.6 is 0 Å². The van der Waals surface area contributed by atoms with E-state index in [1.165, 1.54) is 17.7 Å². The van der Waals surface area contributed by atoms with Gasteiger partial charge in [0.15, 0.2) is 0 Å². The number of pyridine rings is 1. The fourth-order valence-electron chi connectivity index (χ4n) is 3.31. The lowest BCUT2D eigenvalue weighted by Crippen LogP contribution is -2.38. The summed E-state index contributed by atoms with van der Waals surface area (Å²) in [5.41, 5.74) is 3.26.